The van der Waals surface area contributed by atoms with E-state index in [1.165, 1.54) is 6.42 Å². The monoisotopic (exact) mass is 182 g/mol. The lowest BCUT2D eigenvalue weighted by Gasteiger charge is -2.25. The van der Waals surface area contributed by atoms with Crippen LogP contribution in [-0.4, -0.2) is 24.4 Å². The van der Waals surface area contributed by atoms with Crippen molar-refractivity contribution >= 4 is 11.8 Å². The van der Waals surface area contributed by atoms with Crippen molar-refractivity contribution in [3.8, 4) is 0 Å². The van der Waals surface area contributed by atoms with E-state index in [1.54, 1.807) is 0 Å². The van der Waals surface area contributed by atoms with Gasteiger partial charge in [0.25, 0.3) is 0 Å². The van der Waals surface area contributed by atoms with Crippen molar-refractivity contribution < 1.29 is 9.59 Å². The Hall–Kier alpha value is -1.06. The molecule has 0 aromatic carbocycles. The lowest BCUT2D eigenvalue weighted by Crippen LogP contribution is -2.41. The predicted octanol–water partition coefficient (Wildman–Crippen LogP) is -0.209. The zero-order valence-corrected chi connectivity index (χ0v) is 7.51. The molecule has 1 atom stereocenters. The standard InChI is InChI=1S/C9H14N2O2/c12-8-4-7(5-10-8)11-9(13)6-2-1-3-6/h6-7H,1-5H2,(H,10,12)(H,11,13)/t7-/m0/s1. The highest BCUT2D eigenvalue weighted by atomic mass is 16.2. The molecule has 0 aromatic rings. The van der Waals surface area contributed by atoms with Crippen LogP contribution in [0.2, 0.25) is 0 Å². The first-order valence-corrected chi connectivity index (χ1v) is 4.83. The molecule has 0 radical (unpaired) electrons. The Morgan fingerprint density at radius 3 is 2.69 bits per heavy atom. The van der Waals surface area contributed by atoms with E-state index in [0.29, 0.717) is 13.0 Å². The molecule has 4 heteroatoms. The molecule has 2 amide bonds. The van der Waals surface area contributed by atoms with Gasteiger partial charge in [0.05, 0.1) is 6.04 Å². The van der Waals surface area contributed by atoms with Gasteiger partial charge in [0.1, 0.15) is 0 Å². The average Bonchev–Trinajstić information content (AvgIpc) is 2.31. The zero-order valence-electron chi connectivity index (χ0n) is 7.51. The van der Waals surface area contributed by atoms with Crippen LogP contribution in [0.4, 0.5) is 0 Å². The number of carbonyl (C=O) groups is 2. The Kier molecular flexibility index (Phi) is 2.20. The van der Waals surface area contributed by atoms with Crippen molar-refractivity contribution in [1.82, 2.24) is 10.6 Å². The third kappa shape index (κ3) is 1.82. The van der Waals surface area contributed by atoms with Crippen molar-refractivity contribution in [2.45, 2.75) is 31.7 Å². The summed E-state index contributed by atoms with van der Waals surface area (Å²) < 4.78 is 0. The first-order valence-electron chi connectivity index (χ1n) is 4.83. The summed E-state index contributed by atoms with van der Waals surface area (Å²) in [5, 5.41) is 5.59. The largest absolute Gasteiger partial charge is 0.354 e. The van der Waals surface area contributed by atoms with E-state index in [1.807, 2.05) is 0 Å². The van der Waals surface area contributed by atoms with Crippen LogP contribution in [0.5, 0.6) is 0 Å². The molecule has 1 aliphatic carbocycles. The van der Waals surface area contributed by atoms with Crippen LogP contribution >= 0.6 is 0 Å². The topological polar surface area (TPSA) is 58.2 Å². The van der Waals surface area contributed by atoms with Gasteiger partial charge in [-0.15, -0.1) is 0 Å². The maximum Gasteiger partial charge on any atom is 0.223 e. The van der Waals surface area contributed by atoms with Crippen molar-refractivity contribution in [2.24, 2.45) is 5.92 Å². The predicted molar refractivity (Wildman–Crippen MR) is 46.9 cm³/mol. The summed E-state index contributed by atoms with van der Waals surface area (Å²) in [6.45, 7) is 0.595. The molecule has 72 valence electrons. The smallest absolute Gasteiger partial charge is 0.223 e. The van der Waals surface area contributed by atoms with E-state index in [-0.39, 0.29) is 23.8 Å². The number of hydrogen-bond donors (Lipinski definition) is 2. The van der Waals surface area contributed by atoms with Crippen LogP contribution < -0.4 is 10.6 Å². The highest BCUT2D eigenvalue weighted by molar-refractivity contribution is 5.83. The molecule has 0 unspecified atom stereocenters. The number of nitrogens with one attached hydrogen (secondary N) is 2. The molecule has 1 saturated carbocycles. The van der Waals surface area contributed by atoms with Crippen molar-refractivity contribution in [3.63, 3.8) is 0 Å². The van der Waals surface area contributed by atoms with E-state index >= 15 is 0 Å². The van der Waals surface area contributed by atoms with Gasteiger partial charge in [0, 0.05) is 18.9 Å². The van der Waals surface area contributed by atoms with E-state index < -0.39 is 0 Å². The van der Waals surface area contributed by atoms with Crippen LogP contribution in [0.25, 0.3) is 0 Å². The SMILES string of the molecule is O=C1C[C@H](NC(=O)C2CCC2)CN1. The quantitative estimate of drug-likeness (QED) is 0.621. The van der Waals surface area contributed by atoms with E-state index in [0.717, 1.165) is 12.8 Å². The number of amides is 2. The van der Waals surface area contributed by atoms with Gasteiger partial charge >= 0.3 is 0 Å². The average molecular weight is 182 g/mol. The van der Waals surface area contributed by atoms with Gasteiger partial charge in [-0.1, -0.05) is 6.42 Å². The van der Waals surface area contributed by atoms with Gasteiger partial charge in [0.2, 0.25) is 11.8 Å². The molecule has 2 fully saturated rings. The second kappa shape index (κ2) is 3.36. The highest BCUT2D eigenvalue weighted by Gasteiger charge is 2.29. The number of hydrogen-bond acceptors (Lipinski definition) is 2. The third-order valence-electron chi connectivity index (χ3n) is 2.80. The Labute approximate surface area is 77.1 Å². The molecular formula is C9H14N2O2. The van der Waals surface area contributed by atoms with Crippen LogP contribution in [0.1, 0.15) is 25.7 Å². The fourth-order valence-electron chi connectivity index (χ4n) is 1.70. The summed E-state index contributed by atoms with van der Waals surface area (Å²) >= 11 is 0. The van der Waals surface area contributed by atoms with Gasteiger partial charge in [-0.05, 0) is 12.8 Å². The van der Waals surface area contributed by atoms with Crippen LogP contribution in [-0.2, 0) is 9.59 Å². The van der Waals surface area contributed by atoms with Gasteiger partial charge in [-0.2, -0.15) is 0 Å². The molecule has 2 rings (SSSR count). The van der Waals surface area contributed by atoms with E-state index in [9.17, 15) is 9.59 Å². The second-order valence-electron chi connectivity index (χ2n) is 3.84. The summed E-state index contributed by atoms with van der Waals surface area (Å²) in [6, 6.07) is 0.0283. The van der Waals surface area contributed by atoms with Gasteiger partial charge in [-0.25, -0.2) is 0 Å². The molecular weight excluding hydrogens is 168 g/mol. The minimum atomic E-state index is 0.0283. The summed E-state index contributed by atoms with van der Waals surface area (Å²) in [6.07, 6.45) is 3.64. The zero-order chi connectivity index (χ0) is 9.26. The lowest BCUT2D eigenvalue weighted by molar-refractivity contribution is -0.128. The first kappa shape index (κ1) is 8.53. The fourth-order valence-corrected chi connectivity index (χ4v) is 1.70. The molecule has 2 aliphatic rings. The highest BCUT2D eigenvalue weighted by Crippen LogP contribution is 2.26. The third-order valence-corrected chi connectivity index (χ3v) is 2.80. The molecule has 1 heterocycles. The molecule has 2 N–H and O–H groups in total. The minimum Gasteiger partial charge on any atom is -0.354 e. The number of carbonyl (C=O) groups excluding carboxylic acids is 2. The number of rotatable bonds is 2. The Bertz CT molecular complexity index is 236. The second-order valence-corrected chi connectivity index (χ2v) is 3.84. The fraction of sp³-hybridized carbons (Fsp3) is 0.778. The van der Waals surface area contributed by atoms with E-state index in [4.69, 9.17) is 0 Å². The maximum atomic E-state index is 11.4. The molecule has 4 nitrogen and oxygen atoms in total. The van der Waals surface area contributed by atoms with Gasteiger partial charge < -0.3 is 10.6 Å². The van der Waals surface area contributed by atoms with E-state index in [2.05, 4.69) is 10.6 Å². The van der Waals surface area contributed by atoms with Crippen molar-refractivity contribution in [2.75, 3.05) is 6.54 Å². The molecule has 0 bridgehead atoms. The van der Waals surface area contributed by atoms with Crippen LogP contribution in [0.15, 0.2) is 0 Å². The molecule has 0 aromatic heterocycles. The van der Waals surface area contributed by atoms with Crippen molar-refractivity contribution in [1.29, 1.82) is 0 Å². The Morgan fingerprint density at radius 2 is 2.23 bits per heavy atom. The van der Waals surface area contributed by atoms with Crippen molar-refractivity contribution in [3.05, 3.63) is 0 Å². The Morgan fingerprint density at radius 1 is 1.46 bits per heavy atom. The van der Waals surface area contributed by atoms with Crippen LogP contribution in [0.3, 0.4) is 0 Å². The molecule has 13 heavy (non-hydrogen) atoms. The molecule has 1 aliphatic heterocycles. The molecule has 1 saturated heterocycles. The van der Waals surface area contributed by atoms with Gasteiger partial charge in [-0.3, -0.25) is 9.59 Å². The summed E-state index contributed by atoms with van der Waals surface area (Å²) in [5.41, 5.74) is 0. The first-order chi connectivity index (χ1) is 6.25. The van der Waals surface area contributed by atoms with Gasteiger partial charge in [0.15, 0.2) is 0 Å². The lowest BCUT2D eigenvalue weighted by atomic mass is 9.84. The van der Waals surface area contributed by atoms with Crippen LogP contribution in [0, 0.1) is 5.92 Å². The molecule has 0 spiro atoms. The summed E-state index contributed by atoms with van der Waals surface area (Å²) in [7, 11) is 0. The Balaban J connectivity index is 1.77. The normalized spacial score (nSPS) is 28.0. The summed E-state index contributed by atoms with van der Waals surface area (Å²) in [5.74, 6) is 0.391. The minimum absolute atomic E-state index is 0.0283. The maximum absolute atomic E-state index is 11.4. The summed E-state index contributed by atoms with van der Waals surface area (Å²) in [4.78, 5) is 22.3.